The number of ether oxygens (including phenoxy) is 1. The van der Waals surface area contributed by atoms with E-state index in [-0.39, 0.29) is 24.6 Å². The van der Waals surface area contributed by atoms with Gasteiger partial charge in [-0.3, -0.25) is 14.9 Å². The minimum atomic E-state index is -1.16. The highest BCUT2D eigenvalue weighted by Crippen LogP contribution is 2.14. The molecule has 0 radical (unpaired) electrons. The maximum absolute atomic E-state index is 11.6. The number of rotatable bonds is 8. The number of nitro benzene ring substituents is 1. The molecule has 0 saturated carbocycles. The summed E-state index contributed by atoms with van der Waals surface area (Å²) in [5.41, 5.74) is 0.638. The van der Waals surface area contributed by atoms with Gasteiger partial charge in [-0.05, 0) is 12.0 Å². The van der Waals surface area contributed by atoms with E-state index in [2.05, 4.69) is 10.1 Å². The zero-order valence-electron chi connectivity index (χ0n) is 11.4. The van der Waals surface area contributed by atoms with Crippen molar-refractivity contribution in [3.8, 4) is 0 Å². The lowest BCUT2D eigenvalue weighted by molar-refractivity contribution is -0.384. The Hall–Kier alpha value is -2.48. The van der Waals surface area contributed by atoms with Crippen LogP contribution in [0.2, 0.25) is 0 Å². The highest BCUT2D eigenvalue weighted by molar-refractivity contribution is 5.78. The van der Waals surface area contributed by atoms with Gasteiger partial charge in [0.15, 0.2) is 6.10 Å². The fourth-order valence-electron chi connectivity index (χ4n) is 1.65. The lowest BCUT2D eigenvalue weighted by Gasteiger charge is -2.11. The summed E-state index contributed by atoms with van der Waals surface area (Å²) in [5.74, 6) is -1.50. The molecule has 0 bridgehead atoms. The predicted octanol–water partition coefficient (Wildman–Crippen LogP) is 0.743. The van der Waals surface area contributed by atoms with Gasteiger partial charge in [0.1, 0.15) is 0 Å². The second-order valence-electron chi connectivity index (χ2n) is 4.29. The molecule has 1 unspecified atom stereocenters. The van der Waals surface area contributed by atoms with Gasteiger partial charge in [0.2, 0.25) is 5.91 Å². The van der Waals surface area contributed by atoms with E-state index in [1.165, 1.54) is 19.2 Å². The number of methoxy groups -OCH3 is 1. The smallest absolute Gasteiger partial charge is 0.334 e. The number of nitro groups is 1. The summed E-state index contributed by atoms with van der Waals surface area (Å²) in [5, 5.41) is 21.8. The van der Waals surface area contributed by atoms with E-state index in [9.17, 15) is 19.7 Å². The number of carbonyl (C=O) groups excluding carboxylic acids is 1. The van der Waals surface area contributed by atoms with Gasteiger partial charge in [-0.1, -0.05) is 12.1 Å². The Morgan fingerprint density at radius 1 is 1.48 bits per heavy atom. The average Bonchev–Trinajstić information content (AvgIpc) is 2.45. The topological polar surface area (TPSA) is 119 Å². The van der Waals surface area contributed by atoms with E-state index in [0.29, 0.717) is 12.0 Å². The van der Waals surface area contributed by atoms with E-state index in [1.54, 1.807) is 12.1 Å². The lowest BCUT2D eigenvalue weighted by Crippen LogP contribution is -2.37. The van der Waals surface area contributed by atoms with E-state index < -0.39 is 17.0 Å². The standard InChI is InChI=1S/C13H16N2O6/c1-21-11(13(17)18)8-14-12(16)6-5-9-3-2-4-10(7-9)15(19)20/h2-4,7,11H,5-6,8H2,1H3,(H,14,16)(H,17,18). The molecule has 0 aromatic heterocycles. The summed E-state index contributed by atoms with van der Waals surface area (Å²) < 4.78 is 4.68. The third-order valence-corrected chi connectivity index (χ3v) is 2.81. The highest BCUT2D eigenvalue weighted by atomic mass is 16.6. The number of carboxylic acid groups (broad SMARTS) is 1. The van der Waals surface area contributed by atoms with Gasteiger partial charge in [-0.25, -0.2) is 4.79 Å². The molecule has 1 aromatic carbocycles. The molecule has 1 aromatic rings. The predicted molar refractivity (Wildman–Crippen MR) is 72.9 cm³/mol. The molecular weight excluding hydrogens is 280 g/mol. The van der Waals surface area contributed by atoms with Gasteiger partial charge in [-0.2, -0.15) is 0 Å². The van der Waals surface area contributed by atoms with Crippen LogP contribution in [0.15, 0.2) is 24.3 Å². The Labute approximate surface area is 120 Å². The number of aliphatic carboxylic acids is 1. The van der Waals surface area contributed by atoms with Crippen molar-refractivity contribution >= 4 is 17.6 Å². The van der Waals surface area contributed by atoms with Crippen molar-refractivity contribution in [2.45, 2.75) is 18.9 Å². The molecule has 8 nitrogen and oxygen atoms in total. The van der Waals surface area contributed by atoms with Gasteiger partial charge in [-0.15, -0.1) is 0 Å². The number of carboxylic acids is 1. The average molecular weight is 296 g/mol. The number of carbonyl (C=O) groups is 2. The third-order valence-electron chi connectivity index (χ3n) is 2.81. The van der Waals surface area contributed by atoms with E-state index in [4.69, 9.17) is 5.11 Å². The number of nitrogens with one attached hydrogen (secondary N) is 1. The van der Waals surface area contributed by atoms with Gasteiger partial charge >= 0.3 is 5.97 Å². The first-order chi connectivity index (χ1) is 9.93. The second-order valence-corrected chi connectivity index (χ2v) is 4.29. The first kappa shape index (κ1) is 16.6. The maximum Gasteiger partial charge on any atom is 0.334 e. The molecule has 0 fully saturated rings. The van der Waals surface area contributed by atoms with Gasteiger partial charge in [0, 0.05) is 25.7 Å². The largest absolute Gasteiger partial charge is 0.479 e. The van der Waals surface area contributed by atoms with Gasteiger partial charge in [0.25, 0.3) is 5.69 Å². The SMILES string of the molecule is COC(CNC(=O)CCc1cccc([N+](=O)[O-])c1)C(=O)O. The number of hydrogen-bond acceptors (Lipinski definition) is 5. The molecule has 114 valence electrons. The van der Waals surface area contributed by atoms with E-state index in [0.717, 1.165) is 0 Å². The number of non-ortho nitro benzene ring substituents is 1. The zero-order chi connectivity index (χ0) is 15.8. The molecule has 21 heavy (non-hydrogen) atoms. The Kier molecular flexibility index (Phi) is 6.28. The number of hydrogen-bond donors (Lipinski definition) is 2. The van der Waals surface area contributed by atoms with Crippen molar-refractivity contribution < 1.29 is 24.4 Å². The number of nitrogens with zero attached hydrogens (tertiary/aromatic N) is 1. The van der Waals surface area contributed by atoms with Crippen molar-refractivity contribution in [3.63, 3.8) is 0 Å². The minimum Gasteiger partial charge on any atom is -0.479 e. The Balaban J connectivity index is 2.44. The zero-order valence-corrected chi connectivity index (χ0v) is 11.4. The van der Waals surface area contributed by atoms with Crippen LogP contribution in [0.4, 0.5) is 5.69 Å². The molecule has 0 aliphatic rings. The molecule has 0 heterocycles. The van der Waals surface area contributed by atoms with Crippen molar-refractivity contribution in [3.05, 3.63) is 39.9 Å². The van der Waals surface area contributed by atoms with Gasteiger partial charge in [0.05, 0.1) is 11.5 Å². The van der Waals surface area contributed by atoms with Crippen molar-refractivity contribution in [2.75, 3.05) is 13.7 Å². The van der Waals surface area contributed by atoms with Gasteiger partial charge < -0.3 is 15.2 Å². The van der Waals surface area contributed by atoms with Crippen molar-refractivity contribution in [1.29, 1.82) is 0 Å². The van der Waals surface area contributed by atoms with Crippen LogP contribution in [0.25, 0.3) is 0 Å². The van der Waals surface area contributed by atoms with Crippen molar-refractivity contribution in [2.24, 2.45) is 0 Å². The second kappa shape index (κ2) is 7.95. The molecular formula is C13H16N2O6. The molecule has 1 rings (SSSR count). The van der Waals surface area contributed by atoms with E-state index >= 15 is 0 Å². The Morgan fingerprint density at radius 3 is 2.76 bits per heavy atom. The summed E-state index contributed by atoms with van der Waals surface area (Å²) >= 11 is 0. The van der Waals surface area contributed by atoms with Crippen molar-refractivity contribution in [1.82, 2.24) is 5.32 Å². The number of aryl methyl sites for hydroxylation is 1. The van der Waals surface area contributed by atoms with Crippen LogP contribution in [0.3, 0.4) is 0 Å². The summed E-state index contributed by atoms with van der Waals surface area (Å²) in [4.78, 5) is 32.4. The third kappa shape index (κ3) is 5.57. The summed E-state index contributed by atoms with van der Waals surface area (Å²) in [6.07, 6.45) is -0.651. The van der Waals surface area contributed by atoms with Crippen LogP contribution in [-0.2, 0) is 20.7 Å². The molecule has 0 saturated heterocycles. The monoisotopic (exact) mass is 296 g/mol. The number of amides is 1. The number of benzene rings is 1. The minimum absolute atomic E-state index is 0.0294. The molecule has 8 heteroatoms. The Bertz CT molecular complexity index is 531. The quantitative estimate of drug-likeness (QED) is 0.539. The Morgan fingerprint density at radius 2 is 2.19 bits per heavy atom. The van der Waals surface area contributed by atoms with Crippen LogP contribution in [0.5, 0.6) is 0 Å². The van der Waals surface area contributed by atoms with Crippen LogP contribution in [0.1, 0.15) is 12.0 Å². The molecule has 2 N–H and O–H groups in total. The summed E-state index contributed by atoms with van der Waals surface area (Å²) in [6.45, 7) is -0.125. The molecule has 1 atom stereocenters. The summed E-state index contributed by atoms with van der Waals surface area (Å²) in [6, 6.07) is 6.02. The first-order valence-electron chi connectivity index (χ1n) is 6.19. The molecule has 0 aliphatic carbocycles. The van der Waals surface area contributed by atoms with Crippen LogP contribution >= 0.6 is 0 Å². The summed E-state index contributed by atoms with van der Waals surface area (Å²) in [7, 11) is 1.24. The maximum atomic E-state index is 11.6. The van der Waals surface area contributed by atoms with Crippen LogP contribution < -0.4 is 5.32 Å². The normalized spacial score (nSPS) is 11.7. The fraction of sp³-hybridized carbons (Fsp3) is 0.385. The molecule has 0 spiro atoms. The fourth-order valence-corrected chi connectivity index (χ4v) is 1.65. The first-order valence-corrected chi connectivity index (χ1v) is 6.19. The van der Waals surface area contributed by atoms with Crippen LogP contribution in [-0.4, -0.2) is 41.7 Å². The molecule has 0 aliphatic heterocycles. The highest BCUT2D eigenvalue weighted by Gasteiger charge is 2.17. The molecule has 1 amide bonds. The van der Waals surface area contributed by atoms with E-state index in [1.807, 2.05) is 0 Å². The van der Waals surface area contributed by atoms with Crippen LogP contribution in [0, 0.1) is 10.1 Å². The lowest BCUT2D eigenvalue weighted by atomic mass is 10.1.